The molecule has 1 aliphatic heterocycles. The third kappa shape index (κ3) is 4.47. The standard InChI is InChI=1S/C11H15FO7/c1-5(13)16-4-8-10(17-6(2)14)9(12)11(19-8)18-7(3)15/h8-11H,4H2,1-3H3/t8-,9+,10?,11?/m1/s1. The third-order valence-corrected chi connectivity index (χ3v) is 2.28. The van der Waals surface area contributed by atoms with Crippen molar-refractivity contribution in [3.05, 3.63) is 0 Å². The first-order valence-electron chi connectivity index (χ1n) is 5.58. The molecule has 0 amide bonds. The summed E-state index contributed by atoms with van der Waals surface area (Å²) in [4.78, 5) is 32.4. The van der Waals surface area contributed by atoms with E-state index in [1.165, 1.54) is 6.92 Å². The predicted octanol–water partition coefficient (Wildman–Crippen LogP) is 0.107. The fourth-order valence-corrected chi connectivity index (χ4v) is 1.61. The molecule has 0 saturated carbocycles. The third-order valence-electron chi connectivity index (χ3n) is 2.28. The Bertz CT molecular complexity index is 370. The monoisotopic (exact) mass is 278 g/mol. The van der Waals surface area contributed by atoms with E-state index in [0.717, 1.165) is 13.8 Å². The van der Waals surface area contributed by atoms with Gasteiger partial charge in [-0.25, -0.2) is 4.39 Å². The average molecular weight is 278 g/mol. The van der Waals surface area contributed by atoms with Crippen molar-refractivity contribution >= 4 is 17.9 Å². The minimum absolute atomic E-state index is 0.300. The van der Waals surface area contributed by atoms with E-state index < -0.39 is 42.6 Å². The van der Waals surface area contributed by atoms with Crippen LogP contribution in [0.2, 0.25) is 0 Å². The highest BCUT2D eigenvalue weighted by Gasteiger charge is 2.49. The van der Waals surface area contributed by atoms with Gasteiger partial charge < -0.3 is 18.9 Å². The molecule has 2 unspecified atom stereocenters. The molecule has 0 aromatic carbocycles. The molecule has 0 aromatic rings. The van der Waals surface area contributed by atoms with E-state index in [1.807, 2.05) is 0 Å². The highest BCUT2D eigenvalue weighted by atomic mass is 19.1. The maximum atomic E-state index is 13.9. The second-order valence-corrected chi connectivity index (χ2v) is 3.97. The fraction of sp³-hybridized carbons (Fsp3) is 0.727. The van der Waals surface area contributed by atoms with Gasteiger partial charge in [0.2, 0.25) is 12.5 Å². The summed E-state index contributed by atoms with van der Waals surface area (Å²) in [6, 6.07) is 0. The number of carbonyl (C=O) groups excluding carboxylic acids is 3. The molecule has 0 aliphatic carbocycles. The van der Waals surface area contributed by atoms with Crippen LogP contribution in [0.15, 0.2) is 0 Å². The Morgan fingerprint density at radius 1 is 1.05 bits per heavy atom. The summed E-state index contributed by atoms with van der Waals surface area (Å²) in [5.74, 6) is -2.04. The van der Waals surface area contributed by atoms with E-state index in [2.05, 4.69) is 9.47 Å². The molecule has 0 bridgehead atoms. The van der Waals surface area contributed by atoms with Crippen molar-refractivity contribution in [2.75, 3.05) is 6.61 Å². The number of hydrogen-bond donors (Lipinski definition) is 0. The largest absolute Gasteiger partial charge is 0.463 e. The van der Waals surface area contributed by atoms with E-state index in [-0.39, 0.29) is 6.61 Å². The normalized spacial score (nSPS) is 29.7. The van der Waals surface area contributed by atoms with E-state index in [9.17, 15) is 18.8 Å². The van der Waals surface area contributed by atoms with Gasteiger partial charge in [-0.15, -0.1) is 0 Å². The fourth-order valence-electron chi connectivity index (χ4n) is 1.61. The maximum absolute atomic E-state index is 13.9. The van der Waals surface area contributed by atoms with Crippen molar-refractivity contribution in [2.24, 2.45) is 0 Å². The molecule has 1 rings (SSSR count). The lowest BCUT2D eigenvalue weighted by Crippen LogP contribution is -2.37. The number of halogens is 1. The van der Waals surface area contributed by atoms with Gasteiger partial charge in [0.15, 0.2) is 6.10 Å². The van der Waals surface area contributed by atoms with Crippen LogP contribution < -0.4 is 0 Å². The summed E-state index contributed by atoms with van der Waals surface area (Å²) in [5.41, 5.74) is 0. The Hall–Kier alpha value is -1.70. The molecule has 108 valence electrons. The quantitative estimate of drug-likeness (QED) is 0.532. The zero-order valence-electron chi connectivity index (χ0n) is 10.8. The summed E-state index contributed by atoms with van der Waals surface area (Å²) >= 11 is 0. The van der Waals surface area contributed by atoms with Crippen molar-refractivity contribution in [3.8, 4) is 0 Å². The van der Waals surface area contributed by atoms with E-state index in [4.69, 9.17) is 9.47 Å². The molecule has 7 nitrogen and oxygen atoms in total. The van der Waals surface area contributed by atoms with Crippen LogP contribution in [0.3, 0.4) is 0 Å². The second-order valence-electron chi connectivity index (χ2n) is 3.97. The van der Waals surface area contributed by atoms with Gasteiger partial charge in [-0.3, -0.25) is 14.4 Å². The number of rotatable bonds is 4. The summed E-state index contributed by atoms with van der Waals surface area (Å²) in [7, 11) is 0. The molecule has 1 fully saturated rings. The molecule has 0 N–H and O–H groups in total. The van der Waals surface area contributed by atoms with Crippen LogP contribution in [0, 0.1) is 0 Å². The molecule has 19 heavy (non-hydrogen) atoms. The molecule has 1 aliphatic rings. The summed E-state index contributed by atoms with van der Waals surface area (Å²) in [6.07, 6.45) is -5.64. The van der Waals surface area contributed by atoms with Crippen molar-refractivity contribution in [2.45, 2.75) is 45.4 Å². The van der Waals surface area contributed by atoms with Crippen molar-refractivity contribution in [3.63, 3.8) is 0 Å². The van der Waals surface area contributed by atoms with Gasteiger partial charge >= 0.3 is 17.9 Å². The molecule has 0 aromatic heterocycles. The van der Waals surface area contributed by atoms with Crippen molar-refractivity contribution < 1.29 is 37.7 Å². The van der Waals surface area contributed by atoms with E-state index in [1.54, 1.807) is 0 Å². The van der Waals surface area contributed by atoms with E-state index >= 15 is 0 Å². The first-order valence-corrected chi connectivity index (χ1v) is 5.58. The van der Waals surface area contributed by atoms with Gasteiger partial charge in [-0.05, 0) is 0 Å². The maximum Gasteiger partial charge on any atom is 0.305 e. The number of ether oxygens (including phenoxy) is 4. The minimum atomic E-state index is -1.84. The highest BCUT2D eigenvalue weighted by Crippen LogP contribution is 2.28. The molecule has 0 spiro atoms. The van der Waals surface area contributed by atoms with Gasteiger partial charge in [0, 0.05) is 20.8 Å². The van der Waals surface area contributed by atoms with Crippen LogP contribution in [0.25, 0.3) is 0 Å². The van der Waals surface area contributed by atoms with E-state index in [0.29, 0.717) is 0 Å². The predicted molar refractivity (Wildman–Crippen MR) is 57.5 cm³/mol. The average Bonchev–Trinajstić information content (AvgIpc) is 2.53. The molecular formula is C11H15FO7. The van der Waals surface area contributed by atoms with Crippen LogP contribution in [0.1, 0.15) is 20.8 Å². The number of hydrogen-bond acceptors (Lipinski definition) is 7. The number of carbonyl (C=O) groups is 3. The SMILES string of the molecule is CC(=O)OC[C@H]1OC(OC(C)=O)[C@@H](F)C1OC(C)=O. The summed E-state index contributed by atoms with van der Waals surface area (Å²) < 4.78 is 33.0. The minimum Gasteiger partial charge on any atom is -0.463 e. The summed E-state index contributed by atoms with van der Waals surface area (Å²) in [5, 5.41) is 0. The van der Waals surface area contributed by atoms with Gasteiger partial charge in [-0.1, -0.05) is 0 Å². The van der Waals surface area contributed by atoms with Crippen LogP contribution in [-0.4, -0.2) is 49.2 Å². The number of alkyl halides is 1. The van der Waals surface area contributed by atoms with Gasteiger partial charge in [0.05, 0.1) is 0 Å². The highest BCUT2D eigenvalue weighted by molar-refractivity contribution is 5.67. The zero-order chi connectivity index (χ0) is 14.6. The molecule has 1 saturated heterocycles. The first-order chi connectivity index (χ1) is 8.81. The Balaban J connectivity index is 2.71. The smallest absolute Gasteiger partial charge is 0.305 e. The Morgan fingerprint density at radius 3 is 2.11 bits per heavy atom. The second kappa shape index (κ2) is 6.46. The van der Waals surface area contributed by atoms with Crippen molar-refractivity contribution in [1.82, 2.24) is 0 Å². The van der Waals surface area contributed by atoms with Crippen molar-refractivity contribution in [1.29, 1.82) is 0 Å². The molecule has 1 heterocycles. The van der Waals surface area contributed by atoms with Crippen LogP contribution >= 0.6 is 0 Å². The van der Waals surface area contributed by atoms with Crippen LogP contribution in [-0.2, 0) is 33.3 Å². The molecular weight excluding hydrogens is 263 g/mol. The molecule has 4 atom stereocenters. The Morgan fingerprint density at radius 2 is 1.63 bits per heavy atom. The zero-order valence-corrected chi connectivity index (χ0v) is 10.8. The Labute approximate surface area is 108 Å². The lowest BCUT2D eigenvalue weighted by atomic mass is 10.1. The number of esters is 3. The first kappa shape index (κ1) is 15.4. The lowest BCUT2D eigenvalue weighted by molar-refractivity contribution is -0.184. The molecule has 0 radical (unpaired) electrons. The topological polar surface area (TPSA) is 88.1 Å². The summed E-state index contributed by atoms with van der Waals surface area (Å²) in [6.45, 7) is 3.07. The Kier molecular flexibility index (Phi) is 5.22. The van der Waals surface area contributed by atoms with Crippen LogP contribution in [0.4, 0.5) is 4.39 Å². The molecule has 8 heteroatoms. The lowest BCUT2D eigenvalue weighted by Gasteiger charge is -2.17. The van der Waals surface area contributed by atoms with Gasteiger partial charge in [0.1, 0.15) is 12.7 Å². The van der Waals surface area contributed by atoms with Gasteiger partial charge in [0.25, 0.3) is 0 Å². The van der Waals surface area contributed by atoms with Gasteiger partial charge in [-0.2, -0.15) is 0 Å². The van der Waals surface area contributed by atoms with Crippen LogP contribution in [0.5, 0.6) is 0 Å².